The summed E-state index contributed by atoms with van der Waals surface area (Å²) in [7, 11) is -3.75. The Morgan fingerprint density at radius 2 is 1.79 bits per heavy atom. The molecular formula is C28H34N4O4S2. The van der Waals surface area contributed by atoms with Crippen LogP contribution >= 0.6 is 11.3 Å². The average Bonchev–Trinajstić information content (AvgIpc) is 3.37. The number of thiazole rings is 1. The number of anilines is 1. The SMILES string of the molecule is C=CCN(CC=C)S(=O)(=O)c1ccc(C(=O)N(CCCN2CCOCC2)c2nc3c(C)cccc3s2)cc1. The molecule has 0 saturated carbocycles. The summed E-state index contributed by atoms with van der Waals surface area (Å²) >= 11 is 1.49. The summed E-state index contributed by atoms with van der Waals surface area (Å²) in [5.74, 6) is -0.207. The molecule has 1 saturated heterocycles. The Bertz CT molecular complexity index is 1370. The van der Waals surface area contributed by atoms with Crippen LogP contribution in [0.3, 0.4) is 0 Å². The average molecular weight is 555 g/mol. The molecule has 38 heavy (non-hydrogen) atoms. The van der Waals surface area contributed by atoms with Gasteiger partial charge in [-0.05, 0) is 49.2 Å². The van der Waals surface area contributed by atoms with E-state index in [1.807, 2.05) is 25.1 Å². The molecule has 0 N–H and O–H groups in total. The van der Waals surface area contributed by atoms with Crippen molar-refractivity contribution < 1.29 is 17.9 Å². The fraction of sp³-hybridized carbons (Fsp3) is 0.357. The van der Waals surface area contributed by atoms with E-state index in [9.17, 15) is 13.2 Å². The molecule has 1 aliphatic rings. The van der Waals surface area contributed by atoms with Gasteiger partial charge in [0.2, 0.25) is 10.0 Å². The third-order valence-electron chi connectivity index (χ3n) is 6.45. The van der Waals surface area contributed by atoms with Gasteiger partial charge in [0.05, 0.1) is 28.3 Å². The number of benzene rings is 2. The zero-order chi connectivity index (χ0) is 27.1. The Kier molecular flexibility index (Phi) is 9.45. The van der Waals surface area contributed by atoms with Gasteiger partial charge in [-0.3, -0.25) is 14.6 Å². The Labute approximate surface area is 228 Å². The summed E-state index contributed by atoms with van der Waals surface area (Å²) in [5, 5.41) is 0.640. The van der Waals surface area contributed by atoms with Crippen molar-refractivity contribution in [2.45, 2.75) is 18.2 Å². The van der Waals surface area contributed by atoms with Crippen molar-refractivity contribution in [3.8, 4) is 0 Å². The van der Waals surface area contributed by atoms with Crippen molar-refractivity contribution >= 4 is 42.6 Å². The highest BCUT2D eigenvalue weighted by Gasteiger charge is 2.25. The number of aromatic nitrogens is 1. The van der Waals surface area contributed by atoms with Gasteiger partial charge in [-0.1, -0.05) is 35.6 Å². The highest BCUT2D eigenvalue weighted by molar-refractivity contribution is 7.89. The lowest BCUT2D eigenvalue weighted by Crippen LogP contribution is -2.39. The second kappa shape index (κ2) is 12.8. The van der Waals surface area contributed by atoms with Gasteiger partial charge in [0.15, 0.2) is 5.13 Å². The highest BCUT2D eigenvalue weighted by Crippen LogP contribution is 2.31. The molecule has 0 spiro atoms. The van der Waals surface area contributed by atoms with Crippen molar-refractivity contribution in [3.05, 3.63) is 78.9 Å². The van der Waals surface area contributed by atoms with Gasteiger partial charge in [0.25, 0.3) is 5.91 Å². The van der Waals surface area contributed by atoms with E-state index in [0.717, 1.165) is 55.0 Å². The molecule has 2 aromatic carbocycles. The second-order valence-corrected chi connectivity index (χ2v) is 12.1. The van der Waals surface area contributed by atoms with Crippen LogP contribution in [0.5, 0.6) is 0 Å². The van der Waals surface area contributed by atoms with E-state index in [0.29, 0.717) is 17.2 Å². The first-order valence-electron chi connectivity index (χ1n) is 12.6. The number of ether oxygens (including phenoxy) is 1. The minimum Gasteiger partial charge on any atom is -0.379 e. The maximum Gasteiger partial charge on any atom is 0.260 e. The molecule has 2 heterocycles. The van der Waals surface area contributed by atoms with Crippen LogP contribution < -0.4 is 4.90 Å². The highest BCUT2D eigenvalue weighted by atomic mass is 32.2. The molecule has 3 aromatic rings. The predicted octanol–water partition coefficient (Wildman–Crippen LogP) is 4.34. The summed E-state index contributed by atoms with van der Waals surface area (Å²) in [5.41, 5.74) is 2.36. The van der Waals surface area contributed by atoms with Crippen LogP contribution in [-0.4, -0.2) is 81.0 Å². The van der Waals surface area contributed by atoms with Gasteiger partial charge < -0.3 is 4.74 Å². The van der Waals surface area contributed by atoms with Gasteiger partial charge in [-0.15, -0.1) is 13.2 Å². The maximum atomic E-state index is 13.8. The fourth-order valence-corrected chi connectivity index (χ4v) is 6.83. The zero-order valence-corrected chi connectivity index (χ0v) is 23.3. The normalized spacial score (nSPS) is 14.6. The molecular weight excluding hydrogens is 520 g/mol. The van der Waals surface area contributed by atoms with Gasteiger partial charge in [-0.2, -0.15) is 4.31 Å². The number of sulfonamides is 1. The van der Waals surface area contributed by atoms with E-state index in [-0.39, 0.29) is 23.9 Å². The minimum atomic E-state index is -3.75. The third-order valence-corrected chi connectivity index (χ3v) is 9.34. The van der Waals surface area contributed by atoms with E-state index < -0.39 is 10.0 Å². The molecule has 0 bridgehead atoms. The number of para-hydroxylation sites is 1. The van der Waals surface area contributed by atoms with E-state index in [1.54, 1.807) is 17.0 Å². The summed E-state index contributed by atoms with van der Waals surface area (Å²) in [4.78, 5) is 22.8. The zero-order valence-electron chi connectivity index (χ0n) is 21.7. The number of morpholine rings is 1. The van der Waals surface area contributed by atoms with Gasteiger partial charge in [0, 0.05) is 44.8 Å². The smallest absolute Gasteiger partial charge is 0.260 e. The molecule has 4 rings (SSSR count). The van der Waals surface area contributed by atoms with Crippen LogP contribution in [0.1, 0.15) is 22.3 Å². The van der Waals surface area contributed by atoms with E-state index in [1.165, 1.54) is 39.9 Å². The Morgan fingerprint density at radius 3 is 2.42 bits per heavy atom. The largest absolute Gasteiger partial charge is 0.379 e. The monoisotopic (exact) mass is 554 g/mol. The van der Waals surface area contributed by atoms with Crippen molar-refractivity contribution in [3.63, 3.8) is 0 Å². The number of carbonyl (C=O) groups excluding carboxylic acids is 1. The molecule has 0 atom stereocenters. The van der Waals surface area contributed by atoms with E-state index >= 15 is 0 Å². The number of aryl methyl sites for hydroxylation is 1. The van der Waals surface area contributed by atoms with Crippen LogP contribution in [0.15, 0.2) is 72.7 Å². The molecule has 1 fully saturated rings. The van der Waals surface area contributed by atoms with Crippen LogP contribution in [0.4, 0.5) is 5.13 Å². The molecule has 1 amide bonds. The summed E-state index contributed by atoms with van der Waals surface area (Å²) in [6.45, 7) is 14.2. The first-order chi connectivity index (χ1) is 18.3. The Hall–Kier alpha value is -2.89. The standard InChI is InChI=1S/C28H34N4O4S2/c1-4-14-31(15-5-2)38(34,35)24-12-10-23(11-13-24)27(33)32(17-7-16-30-18-20-36-21-19-30)28-29-26-22(3)8-6-9-25(26)37-28/h4-6,8-13H,1-2,7,14-21H2,3H3. The number of hydrogen-bond donors (Lipinski definition) is 0. The van der Waals surface area contributed by atoms with Crippen LogP contribution in [-0.2, 0) is 14.8 Å². The number of fused-ring (bicyclic) bond motifs is 1. The van der Waals surface area contributed by atoms with Crippen LogP contribution in [0.25, 0.3) is 10.2 Å². The van der Waals surface area contributed by atoms with Crippen LogP contribution in [0.2, 0.25) is 0 Å². The maximum absolute atomic E-state index is 13.8. The van der Waals surface area contributed by atoms with Gasteiger partial charge in [-0.25, -0.2) is 13.4 Å². The predicted molar refractivity (Wildman–Crippen MR) is 154 cm³/mol. The lowest BCUT2D eigenvalue weighted by atomic mass is 10.2. The summed E-state index contributed by atoms with van der Waals surface area (Å²) in [6, 6.07) is 12.1. The second-order valence-electron chi connectivity index (χ2n) is 9.11. The molecule has 0 radical (unpaired) electrons. The lowest BCUT2D eigenvalue weighted by molar-refractivity contribution is 0.0376. The number of rotatable bonds is 12. The van der Waals surface area contributed by atoms with Crippen LogP contribution in [0, 0.1) is 6.92 Å². The molecule has 1 aromatic heterocycles. The topological polar surface area (TPSA) is 83.1 Å². The van der Waals surface area contributed by atoms with E-state index in [2.05, 4.69) is 18.1 Å². The molecule has 202 valence electrons. The number of carbonyl (C=O) groups is 1. The summed E-state index contributed by atoms with van der Waals surface area (Å²) < 4.78 is 33.9. The molecule has 0 unspecified atom stereocenters. The molecule has 1 aliphatic heterocycles. The molecule has 8 nitrogen and oxygen atoms in total. The van der Waals surface area contributed by atoms with Crippen molar-refractivity contribution in [2.24, 2.45) is 0 Å². The lowest BCUT2D eigenvalue weighted by Gasteiger charge is -2.27. The minimum absolute atomic E-state index is 0.118. The molecule has 0 aliphatic carbocycles. The number of amides is 1. The Balaban J connectivity index is 1.59. The number of nitrogens with zero attached hydrogens (tertiary/aromatic N) is 4. The van der Waals surface area contributed by atoms with Crippen molar-refractivity contribution in [1.29, 1.82) is 0 Å². The third kappa shape index (κ3) is 6.39. The first-order valence-corrected chi connectivity index (χ1v) is 14.9. The van der Waals surface area contributed by atoms with Gasteiger partial charge >= 0.3 is 0 Å². The quantitative estimate of drug-likeness (QED) is 0.310. The number of hydrogen-bond acceptors (Lipinski definition) is 7. The fourth-order valence-electron chi connectivity index (χ4n) is 4.38. The molecule has 10 heteroatoms. The van der Waals surface area contributed by atoms with Gasteiger partial charge in [0.1, 0.15) is 0 Å². The first kappa shape index (κ1) is 28.1. The Morgan fingerprint density at radius 1 is 1.11 bits per heavy atom. The van der Waals surface area contributed by atoms with Crippen molar-refractivity contribution in [2.75, 3.05) is 57.4 Å². The van der Waals surface area contributed by atoms with E-state index in [4.69, 9.17) is 9.72 Å². The summed E-state index contributed by atoms with van der Waals surface area (Å²) in [6.07, 6.45) is 3.85. The van der Waals surface area contributed by atoms with Crippen molar-refractivity contribution in [1.82, 2.24) is 14.2 Å².